The Morgan fingerprint density at radius 1 is 1.73 bits per heavy atom. The zero-order chi connectivity index (χ0) is 8.53. The summed E-state index contributed by atoms with van der Waals surface area (Å²) in [6, 6.07) is 0. The van der Waals surface area contributed by atoms with E-state index in [1.807, 2.05) is 0 Å². The molecule has 0 heterocycles. The van der Waals surface area contributed by atoms with E-state index in [1.165, 1.54) is 0 Å². The van der Waals surface area contributed by atoms with Crippen LogP contribution in [0.1, 0.15) is 12.8 Å². The maximum atomic E-state index is 5.35. The van der Waals surface area contributed by atoms with Crippen LogP contribution in [-0.4, -0.2) is 20.3 Å². The lowest BCUT2D eigenvalue weighted by Gasteiger charge is -2.02. The van der Waals surface area contributed by atoms with Crippen LogP contribution in [0.3, 0.4) is 0 Å². The third kappa shape index (κ3) is 5.65. The van der Waals surface area contributed by atoms with Gasteiger partial charge in [0.15, 0.2) is 0 Å². The molecule has 0 aliphatic carbocycles. The number of methoxy groups -OCH3 is 1. The molecule has 2 heteroatoms. The fourth-order valence-corrected chi connectivity index (χ4v) is 0.818. The molecule has 0 spiro atoms. The number of ether oxygens (including phenoxy) is 1. The van der Waals surface area contributed by atoms with Crippen LogP contribution >= 0.6 is 0 Å². The number of allylic oxidation sites excluding steroid dienone is 1. The van der Waals surface area contributed by atoms with Crippen molar-refractivity contribution in [3.8, 4) is 12.3 Å². The van der Waals surface area contributed by atoms with Crippen LogP contribution in [0.4, 0.5) is 0 Å². The Kier molecular flexibility index (Phi) is 6.81. The molecule has 0 aliphatic rings. The predicted molar refractivity (Wildman–Crippen MR) is 47.1 cm³/mol. The minimum atomic E-state index is 0.615. The Morgan fingerprint density at radius 3 is 2.91 bits per heavy atom. The lowest BCUT2D eigenvalue weighted by atomic mass is 10.1. The van der Waals surface area contributed by atoms with E-state index in [0.717, 1.165) is 18.4 Å². The summed E-state index contributed by atoms with van der Waals surface area (Å²) in [4.78, 5) is 0. The quantitative estimate of drug-likeness (QED) is 0.596. The summed E-state index contributed by atoms with van der Waals surface area (Å²) in [7, 11) is 1.66. The Balaban J connectivity index is 3.72. The Morgan fingerprint density at radius 2 is 2.45 bits per heavy atom. The van der Waals surface area contributed by atoms with Gasteiger partial charge in [0.25, 0.3) is 0 Å². The SMILES string of the molecule is C#CC=C(CCCN)COC. The van der Waals surface area contributed by atoms with Gasteiger partial charge in [0.05, 0.1) is 6.61 Å². The van der Waals surface area contributed by atoms with Gasteiger partial charge in [0.1, 0.15) is 0 Å². The van der Waals surface area contributed by atoms with Gasteiger partial charge in [-0.3, -0.25) is 0 Å². The molecule has 0 unspecified atom stereocenters. The predicted octanol–water partition coefficient (Wildman–Crippen LogP) is 0.931. The lowest BCUT2D eigenvalue weighted by Crippen LogP contribution is -2.01. The first-order valence-electron chi connectivity index (χ1n) is 3.68. The molecule has 2 N–H and O–H groups in total. The van der Waals surface area contributed by atoms with Crippen molar-refractivity contribution in [3.05, 3.63) is 11.6 Å². The summed E-state index contributed by atoms with van der Waals surface area (Å²) in [5.74, 6) is 2.48. The highest BCUT2D eigenvalue weighted by molar-refractivity contribution is 5.17. The molecule has 0 atom stereocenters. The van der Waals surface area contributed by atoms with E-state index in [9.17, 15) is 0 Å². The average molecular weight is 153 g/mol. The molecule has 62 valence electrons. The van der Waals surface area contributed by atoms with E-state index in [1.54, 1.807) is 13.2 Å². The van der Waals surface area contributed by atoms with E-state index < -0.39 is 0 Å². The fourth-order valence-electron chi connectivity index (χ4n) is 0.818. The van der Waals surface area contributed by atoms with E-state index in [-0.39, 0.29) is 0 Å². The van der Waals surface area contributed by atoms with Crippen molar-refractivity contribution in [1.29, 1.82) is 0 Å². The van der Waals surface area contributed by atoms with Crippen LogP contribution in [0, 0.1) is 12.3 Å². The first-order valence-corrected chi connectivity index (χ1v) is 3.68. The van der Waals surface area contributed by atoms with Gasteiger partial charge in [-0.25, -0.2) is 0 Å². The van der Waals surface area contributed by atoms with Gasteiger partial charge in [-0.2, -0.15) is 0 Å². The number of terminal acetylenes is 1. The molecule has 0 aromatic heterocycles. The first kappa shape index (κ1) is 10.2. The Hall–Kier alpha value is -0.780. The maximum absolute atomic E-state index is 5.35. The number of hydrogen-bond donors (Lipinski definition) is 1. The van der Waals surface area contributed by atoms with Crippen molar-refractivity contribution in [2.24, 2.45) is 5.73 Å². The number of nitrogens with two attached hydrogens (primary N) is 1. The van der Waals surface area contributed by atoms with Gasteiger partial charge in [-0.05, 0) is 31.0 Å². The molecule has 0 bridgehead atoms. The molecule has 0 amide bonds. The zero-order valence-corrected chi connectivity index (χ0v) is 6.97. The standard InChI is InChI=1S/C9H15NO/c1-3-5-9(8-11-2)6-4-7-10/h1,5H,4,6-8,10H2,2H3. The maximum Gasteiger partial charge on any atom is 0.0682 e. The third-order valence-corrected chi connectivity index (χ3v) is 1.32. The zero-order valence-electron chi connectivity index (χ0n) is 6.97. The summed E-state index contributed by atoms with van der Waals surface area (Å²) in [5.41, 5.74) is 6.49. The van der Waals surface area contributed by atoms with Crippen LogP contribution in [0.2, 0.25) is 0 Å². The molecule has 0 aromatic rings. The van der Waals surface area contributed by atoms with Crippen molar-refractivity contribution in [2.45, 2.75) is 12.8 Å². The van der Waals surface area contributed by atoms with E-state index in [2.05, 4.69) is 5.92 Å². The second kappa shape index (κ2) is 7.33. The van der Waals surface area contributed by atoms with Crippen LogP contribution in [0.5, 0.6) is 0 Å². The van der Waals surface area contributed by atoms with Crippen molar-refractivity contribution < 1.29 is 4.74 Å². The molecule has 2 nitrogen and oxygen atoms in total. The normalized spacial score (nSPS) is 11.2. The second-order valence-corrected chi connectivity index (χ2v) is 2.29. The average Bonchev–Trinajstić information content (AvgIpc) is 2.01. The largest absolute Gasteiger partial charge is 0.380 e. The summed E-state index contributed by atoms with van der Waals surface area (Å²) < 4.78 is 4.95. The molecular formula is C9H15NO. The van der Waals surface area contributed by atoms with Crippen molar-refractivity contribution in [3.63, 3.8) is 0 Å². The molecular weight excluding hydrogens is 138 g/mol. The van der Waals surface area contributed by atoms with Crippen molar-refractivity contribution >= 4 is 0 Å². The summed E-state index contributed by atoms with van der Waals surface area (Å²) >= 11 is 0. The third-order valence-electron chi connectivity index (χ3n) is 1.32. The molecule has 11 heavy (non-hydrogen) atoms. The fraction of sp³-hybridized carbons (Fsp3) is 0.556. The molecule has 0 radical (unpaired) electrons. The van der Waals surface area contributed by atoms with Crippen LogP contribution in [0.25, 0.3) is 0 Å². The van der Waals surface area contributed by atoms with Gasteiger partial charge in [-0.15, -0.1) is 6.42 Å². The number of rotatable bonds is 5. The molecule has 0 aromatic carbocycles. The van der Waals surface area contributed by atoms with E-state index in [4.69, 9.17) is 16.9 Å². The number of hydrogen-bond acceptors (Lipinski definition) is 2. The topological polar surface area (TPSA) is 35.2 Å². The van der Waals surface area contributed by atoms with E-state index in [0.29, 0.717) is 13.2 Å². The van der Waals surface area contributed by atoms with Gasteiger partial charge in [0.2, 0.25) is 0 Å². The van der Waals surface area contributed by atoms with E-state index >= 15 is 0 Å². The molecule has 0 rings (SSSR count). The minimum absolute atomic E-state index is 0.615. The van der Waals surface area contributed by atoms with Gasteiger partial charge in [0, 0.05) is 7.11 Å². The molecule has 0 saturated carbocycles. The Labute approximate surface area is 68.4 Å². The second-order valence-electron chi connectivity index (χ2n) is 2.29. The van der Waals surface area contributed by atoms with Crippen molar-refractivity contribution in [2.75, 3.05) is 20.3 Å². The summed E-state index contributed by atoms with van der Waals surface area (Å²) in [5, 5.41) is 0. The van der Waals surface area contributed by atoms with Crippen LogP contribution in [0.15, 0.2) is 11.6 Å². The summed E-state index contributed by atoms with van der Waals surface area (Å²) in [6.45, 7) is 1.32. The van der Waals surface area contributed by atoms with Crippen LogP contribution < -0.4 is 5.73 Å². The highest BCUT2D eigenvalue weighted by atomic mass is 16.5. The monoisotopic (exact) mass is 153 g/mol. The minimum Gasteiger partial charge on any atom is -0.380 e. The smallest absolute Gasteiger partial charge is 0.0682 e. The molecule has 0 saturated heterocycles. The lowest BCUT2D eigenvalue weighted by molar-refractivity contribution is 0.223. The molecule has 0 aliphatic heterocycles. The summed E-state index contributed by atoms with van der Waals surface area (Å²) in [6.07, 6.45) is 8.78. The highest BCUT2D eigenvalue weighted by Crippen LogP contribution is 2.03. The highest BCUT2D eigenvalue weighted by Gasteiger charge is 1.94. The first-order chi connectivity index (χ1) is 5.35. The Bertz CT molecular complexity index is 155. The van der Waals surface area contributed by atoms with Crippen LogP contribution in [-0.2, 0) is 4.74 Å². The van der Waals surface area contributed by atoms with Gasteiger partial charge >= 0.3 is 0 Å². The van der Waals surface area contributed by atoms with Gasteiger partial charge in [-0.1, -0.05) is 5.92 Å². The molecule has 0 fully saturated rings. The van der Waals surface area contributed by atoms with Gasteiger partial charge < -0.3 is 10.5 Å². The van der Waals surface area contributed by atoms with Crippen molar-refractivity contribution in [1.82, 2.24) is 0 Å².